The molecule has 0 spiro atoms. The molecule has 1 saturated heterocycles. The average molecular weight is 426 g/mol. The summed E-state index contributed by atoms with van der Waals surface area (Å²) in [5.74, 6) is -1.41. The molecule has 2 aromatic rings. The molecule has 1 atom stereocenters. The van der Waals surface area contributed by atoms with Gasteiger partial charge in [-0.25, -0.2) is 4.39 Å². The monoisotopic (exact) mass is 426 g/mol. The van der Waals surface area contributed by atoms with E-state index in [9.17, 15) is 18.8 Å². The standard InChI is InChI=1S/C22H23FN4O4/c1-11-18(8-16-15-7-13(23)3-4-17(15)26-21(16)30)24-12(2)20(11)22(31)25-14-5-6-27(9-14)19(29)10-28/h3-4,7-8,14,24,28H,5-6,9-10H2,1-2H3,(H,25,31)(H,26,30)/t14-/m0/s1. The number of amides is 3. The summed E-state index contributed by atoms with van der Waals surface area (Å²) in [6.45, 7) is 3.84. The number of rotatable bonds is 4. The molecule has 4 N–H and O–H groups in total. The number of halogens is 1. The van der Waals surface area contributed by atoms with Crippen molar-refractivity contribution in [3.8, 4) is 0 Å². The van der Waals surface area contributed by atoms with E-state index < -0.39 is 12.4 Å². The van der Waals surface area contributed by atoms with Gasteiger partial charge in [-0.05, 0) is 50.1 Å². The van der Waals surface area contributed by atoms with Crippen molar-refractivity contribution in [1.82, 2.24) is 15.2 Å². The Hall–Kier alpha value is -3.46. The lowest BCUT2D eigenvalue weighted by Crippen LogP contribution is -2.39. The maximum absolute atomic E-state index is 13.7. The number of anilines is 1. The summed E-state index contributed by atoms with van der Waals surface area (Å²) < 4.78 is 13.7. The fraction of sp³-hybridized carbons (Fsp3) is 0.318. The van der Waals surface area contributed by atoms with E-state index in [0.717, 1.165) is 0 Å². The predicted octanol–water partition coefficient (Wildman–Crippen LogP) is 1.59. The molecule has 0 unspecified atom stereocenters. The fourth-order valence-electron chi connectivity index (χ4n) is 4.17. The number of aliphatic hydroxyl groups excluding tert-OH is 1. The lowest BCUT2D eigenvalue weighted by Gasteiger charge is -2.16. The number of hydrogen-bond acceptors (Lipinski definition) is 4. The maximum atomic E-state index is 13.7. The Bertz CT molecular complexity index is 1120. The number of fused-ring (bicyclic) bond motifs is 1. The Morgan fingerprint density at radius 3 is 2.87 bits per heavy atom. The van der Waals surface area contributed by atoms with Crippen molar-refractivity contribution in [3.63, 3.8) is 0 Å². The van der Waals surface area contributed by atoms with Gasteiger partial charge in [0.2, 0.25) is 5.91 Å². The van der Waals surface area contributed by atoms with Crippen molar-refractivity contribution in [1.29, 1.82) is 0 Å². The number of likely N-dealkylation sites (tertiary alicyclic amines) is 1. The van der Waals surface area contributed by atoms with E-state index in [2.05, 4.69) is 15.6 Å². The summed E-state index contributed by atoms with van der Waals surface area (Å²) in [6, 6.07) is 3.90. The first kappa shape index (κ1) is 20.8. The zero-order valence-corrected chi connectivity index (χ0v) is 17.2. The van der Waals surface area contributed by atoms with Gasteiger partial charge in [0, 0.05) is 41.8 Å². The zero-order valence-electron chi connectivity index (χ0n) is 17.2. The van der Waals surface area contributed by atoms with Crippen molar-refractivity contribution in [2.24, 2.45) is 0 Å². The molecule has 1 aromatic heterocycles. The number of aliphatic hydroxyl groups is 1. The number of aryl methyl sites for hydroxylation is 1. The molecule has 3 amide bonds. The second kappa shape index (κ2) is 7.99. The quantitative estimate of drug-likeness (QED) is 0.556. The SMILES string of the molecule is Cc1[nH]c(C=C2C(=O)Nc3ccc(F)cc32)c(C)c1C(=O)N[C@H]1CCN(C(=O)CO)C1. The minimum Gasteiger partial charge on any atom is -0.387 e. The molecule has 1 aromatic carbocycles. The fourth-order valence-corrected chi connectivity index (χ4v) is 4.17. The van der Waals surface area contributed by atoms with Gasteiger partial charge >= 0.3 is 0 Å². The van der Waals surface area contributed by atoms with E-state index >= 15 is 0 Å². The highest BCUT2D eigenvalue weighted by molar-refractivity contribution is 6.34. The minimum absolute atomic E-state index is 0.200. The van der Waals surface area contributed by atoms with Gasteiger partial charge in [-0.2, -0.15) is 0 Å². The van der Waals surface area contributed by atoms with Crippen LogP contribution in [-0.4, -0.2) is 58.5 Å². The summed E-state index contributed by atoms with van der Waals surface area (Å²) in [7, 11) is 0. The smallest absolute Gasteiger partial charge is 0.256 e. The van der Waals surface area contributed by atoms with Crippen molar-refractivity contribution >= 4 is 35.1 Å². The first-order valence-electron chi connectivity index (χ1n) is 10.00. The van der Waals surface area contributed by atoms with E-state index in [1.807, 2.05) is 0 Å². The third-order valence-corrected chi connectivity index (χ3v) is 5.77. The van der Waals surface area contributed by atoms with Gasteiger partial charge in [-0.3, -0.25) is 14.4 Å². The van der Waals surface area contributed by atoms with Gasteiger partial charge in [0.25, 0.3) is 11.8 Å². The Kier molecular flexibility index (Phi) is 5.36. The molecule has 162 valence electrons. The Labute approximate surface area is 178 Å². The van der Waals surface area contributed by atoms with Gasteiger partial charge < -0.3 is 25.6 Å². The van der Waals surface area contributed by atoms with Crippen LogP contribution in [0.15, 0.2) is 18.2 Å². The topological polar surface area (TPSA) is 115 Å². The number of aromatic nitrogens is 1. The third kappa shape index (κ3) is 3.84. The molecule has 0 saturated carbocycles. The molecule has 9 heteroatoms. The highest BCUT2D eigenvalue weighted by Gasteiger charge is 2.29. The molecule has 2 aliphatic rings. The van der Waals surface area contributed by atoms with E-state index in [-0.39, 0.29) is 23.8 Å². The van der Waals surface area contributed by atoms with Gasteiger partial charge in [0.15, 0.2) is 0 Å². The van der Waals surface area contributed by atoms with Crippen LogP contribution in [-0.2, 0) is 9.59 Å². The zero-order chi connectivity index (χ0) is 22.3. The maximum Gasteiger partial charge on any atom is 0.256 e. The molecule has 31 heavy (non-hydrogen) atoms. The number of carbonyl (C=O) groups excluding carboxylic acids is 3. The van der Waals surface area contributed by atoms with Crippen LogP contribution in [0.1, 0.15) is 39.3 Å². The number of carbonyl (C=O) groups is 3. The second-order valence-electron chi connectivity index (χ2n) is 7.82. The molecule has 0 bridgehead atoms. The Morgan fingerprint density at radius 1 is 1.35 bits per heavy atom. The number of benzene rings is 1. The number of nitrogens with zero attached hydrogens (tertiary/aromatic N) is 1. The van der Waals surface area contributed by atoms with Crippen LogP contribution in [0.5, 0.6) is 0 Å². The molecule has 0 radical (unpaired) electrons. The number of nitrogens with one attached hydrogen (secondary N) is 3. The first-order chi connectivity index (χ1) is 14.8. The summed E-state index contributed by atoms with van der Waals surface area (Å²) in [6.07, 6.45) is 2.23. The molecule has 3 heterocycles. The Balaban J connectivity index is 1.57. The third-order valence-electron chi connectivity index (χ3n) is 5.77. The van der Waals surface area contributed by atoms with Gasteiger partial charge in [-0.1, -0.05) is 0 Å². The average Bonchev–Trinajstić information content (AvgIpc) is 3.39. The Morgan fingerprint density at radius 2 is 2.13 bits per heavy atom. The normalized spacial score (nSPS) is 19.0. The van der Waals surface area contributed by atoms with Gasteiger partial charge in [-0.15, -0.1) is 0 Å². The largest absolute Gasteiger partial charge is 0.387 e. The van der Waals surface area contributed by atoms with Crippen LogP contribution < -0.4 is 10.6 Å². The summed E-state index contributed by atoms with van der Waals surface area (Å²) in [4.78, 5) is 41.6. The van der Waals surface area contributed by atoms with E-state index in [0.29, 0.717) is 58.8 Å². The van der Waals surface area contributed by atoms with Crippen LogP contribution in [0, 0.1) is 19.7 Å². The number of hydrogen-bond donors (Lipinski definition) is 4. The van der Waals surface area contributed by atoms with Gasteiger partial charge in [0.1, 0.15) is 12.4 Å². The molecule has 0 aliphatic carbocycles. The van der Waals surface area contributed by atoms with Crippen molar-refractivity contribution in [3.05, 3.63) is 52.1 Å². The minimum atomic E-state index is -0.546. The van der Waals surface area contributed by atoms with Crippen molar-refractivity contribution in [2.75, 3.05) is 25.0 Å². The second-order valence-corrected chi connectivity index (χ2v) is 7.82. The number of aromatic amines is 1. The molecule has 4 rings (SSSR count). The molecule has 1 fully saturated rings. The summed E-state index contributed by atoms with van der Waals surface area (Å²) in [5, 5.41) is 14.6. The van der Waals surface area contributed by atoms with Gasteiger partial charge in [0.05, 0.1) is 11.1 Å². The van der Waals surface area contributed by atoms with E-state index in [4.69, 9.17) is 5.11 Å². The number of H-pyrrole nitrogens is 1. The van der Waals surface area contributed by atoms with E-state index in [1.54, 1.807) is 19.9 Å². The summed E-state index contributed by atoms with van der Waals surface area (Å²) in [5.41, 5.74) is 3.70. The van der Waals surface area contributed by atoms with Crippen LogP contribution in [0.2, 0.25) is 0 Å². The summed E-state index contributed by atoms with van der Waals surface area (Å²) >= 11 is 0. The molecular formula is C22H23FN4O4. The lowest BCUT2D eigenvalue weighted by molar-refractivity contribution is -0.133. The highest BCUT2D eigenvalue weighted by Crippen LogP contribution is 2.34. The lowest BCUT2D eigenvalue weighted by atomic mass is 10.0. The van der Waals surface area contributed by atoms with Crippen LogP contribution >= 0.6 is 0 Å². The molecule has 2 aliphatic heterocycles. The van der Waals surface area contributed by atoms with Crippen LogP contribution in [0.25, 0.3) is 11.6 Å². The first-order valence-corrected chi connectivity index (χ1v) is 10.00. The predicted molar refractivity (Wildman–Crippen MR) is 113 cm³/mol. The molecular weight excluding hydrogens is 403 g/mol. The van der Waals surface area contributed by atoms with Crippen LogP contribution in [0.4, 0.5) is 10.1 Å². The van der Waals surface area contributed by atoms with Crippen LogP contribution in [0.3, 0.4) is 0 Å². The van der Waals surface area contributed by atoms with Crippen molar-refractivity contribution < 1.29 is 23.9 Å². The highest BCUT2D eigenvalue weighted by atomic mass is 19.1. The van der Waals surface area contributed by atoms with Crippen molar-refractivity contribution in [2.45, 2.75) is 26.3 Å². The molecule has 8 nitrogen and oxygen atoms in total. The van der Waals surface area contributed by atoms with E-state index in [1.165, 1.54) is 23.1 Å².